The Morgan fingerprint density at radius 1 is 0.929 bits per heavy atom. The molecule has 6 nitrogen and oxygen atoms in total. The van der Waals surface area contributed by atoms with Gasteiger partial charge in [-0.2, -0.15) is 0 Å². The Morgan fingerprint density at radius 2 is 1.71 bits per heavy atom. The molecule has 3 heterocycles. The van der Waals surface area contributed by atoms with Crippen LogP contribution in [0.25, 0.3) is 0 Å². The molecule has 4 rings (SSSR count). The van der Waals surface area contributed by atoms with E-state index in [1.165, 1.54) is 4.90 Å². The molecule has 2 atom stereocenters. The fourth-order valence-electron chi connectivity index (χ4n) is 3.51. The van der Waals surface area contributed by atoms with Gasteiger partial charge in [-0.15, -0.1) is 0 Å². The number of carbonyl (C=O) groups excluding carboxylic acids is 3. The Morgan fingerprint density at radius 3 is 2.39 bits per heavy atom. The summed E-state index contributed by atoms with van der Waals surface area (Å²) in [6, 6.07) is 16.7. The van der Waals surface area contributed by atoms with Crippen LogP contribution < -0.4 is 0 Å². The third-order valence-electron chi connectivity index (χ3n) is 4.81. The van der Waals surface area contributed by atoms with E-state index in [0.29, 0.717) is 11.3 Å². The molecule has 1 aliphatic heterocycles. The minimum Gasteiger partial charge on any atom is -0.322 e. The zero-order valence-electron chi connectivity index (χ0n) is 14.9. The van der Waals surface area contributed by atoms with Crippen LogP contribution in [0.15, 0.2) is 79.3 Å². The van der Waals surface area contributed by atoms with Crippen molar-refractivity contribution in [3.63, 3.8) is 0 Å². The minimum atomic E-state index is -1.12. The normalized spacial score (nSPS) is 19.1. The van der Waals surface area contributed by atoms with Gasteiger partial charge in [-0.3, -0.25) is 24.4 Å². The number of likely N-dealkylation sites (tertiary alicyclic amines) is 1. The summed E-state index contributed by atoms with van der Waals surface area (Å²) >= 11 is 0. The summed E-state index contributed by atoms with van der Waals surface area (Å²) in [4.78, 5) is 48.6. The molecular weight excluding hydrogens is 354 g/mol. The van der Waals surface area contributed by atoms with E-state index >= 15 is 0 Å². The summed E-state index contributed by atoms with van der Waals surface area (Å²) in [5, 5.41) is 0. The van der Waals surface area contributed by atoms with E-state index in [1.807, 2.05) is 6.07 Å². The number of rotatable bonds is 5. The van der Waals surface area contributed by atoms with Crippen LogP contribution in [-0.4, -0.2) is 32.3 Å². The van der Waals surface area contributed by atoms with Crippen LogP contribution >= 0.6 is 0 Å². The highest BCUT2D eigenvalue weighted by molar-refractivity contribution is 6.43. The summed E-state index contributed by atoms with van der Waals surface area (Å²) in [6.07, 6.45) is 4.87. The first kappa shape index (κ1) is 17.7. The van der Waals surface area contributed by atoms with Gasteiger partial charge in [0.15, 0.2) is 5.78 Å². The van der Waals surface area contributed by atoms with E-state index in [1.54, 1.807) is 73.2 Å². The number of hydrogen-bond acceptors (Lipinski definition) is 5. The van der Waals surface area contributed by atoms with Gasteiger partial charge in [0, 0.05) is 30.7 Å². The Hall–Kier alpha value is -3.67. The van der Waals surface area contributed by atoms with Gasteiger partial charge in [-0.1, -0.05) is 42.5 Å². The molecule has 1 aromatic carbocycles. The quantitative estimate of drug-likeness (QED) is 0.391. The fourth-order valence-corrected chi connectivity index (χ4v) is 3.51. The average molecular weight is 371 g/mol. The molecular formula is C22H17N3O3. The van der Waals surface area contributed by atoms with Gasteiger partial charge in [0.1, 0.15) is 5.92 Å². The molecule has 1 amide bonds. The number of amides is 1. The Kier molecular flexibility index (Phi) is 4.76. The maximum atomic E-state index is 13.1. The molecule has 2 aromatic heterocycles. The van der Waals surface area contributed by atoms with Crippen molar-refractivity contribution in [1.82, 2.24) is 14.9 Å². The highest BCUT2D eigenvalue weighted by Crippen LogP contribution is 2.38. The number of Topliss-reactive ketones (excluding diaryl/α,β-unsaturated/α-hetero) is 2. The number of nitrogens with zero attached hydrogens (tertiary/aromatic N) is 3. The molecule has 0 N–H and O–H groups in total. The third kappa shape index (κ3) is 3.20. The van der Waals surface area contributed by atoms with E-state index in [9.17, 15) is 14.4 Å². The first-order valence-electron chi connectivity index (χ1n) is 8.90. The standard InChI is InChI=1S/C22H17N3O3/c26-20(16-8-2-1-3-9-16)18-19(17-10-4-5-12-24-17)25(22(28)21(18)27)14-15-7-6-11-23-13-15/h1-13,18-19H,14H2. The highest BCUT2D eigenvalue weighted by atomic mass is 16.2. The van der Waals surface area contributed by atoms with E-state index < -0.39 is 23.7 Å². The van der Waals surface area contributed by atoms with Crippen molar-refractivity contribution >= 4 is 17.5 Å². The van der Waals surface area contributed by atoms with Crippen LogP contribution in [0.3, 0.4) is 0 Å². The van der Waals surface area contributed by atoms with Gasteiger partial charge in [0.05, 0.1) is 11.7 Å². The molecule has 138 valence electrons. The lowest BCUT2D eigenvalue weighted by molar-refractivity contribution is -0.141. The molecule has 28 heavy (non-hydrogen) atoms. The van der Waals surface area contributed by atoms with E-state index in [0.717, 1.165) is 5.56 Å². The Balaban J connectivity index is 1.77. The zero-order valence-corrected chi connectivity index (χ0v) is 14.9. The van der Waals surface area contributed by atoms with E-state index in [4.69, 9.17) is 0 Å². The Labute approximate surface area is 161 Å². The number of benzene rings is 1. The van der Waals surface area contributed by atoms with Crippen LogP contribution in [0.5, 0.6) is 0 Å². The van der Waals surface area contributed by atoms with Crippen molar-refractivity contribution in [3.8, 4) is 0 Å². The predicted molar refractivity (Wildman–Crippen MR) is 101 cm³/mol. The second-order valence-corrected chi connectivity index (χ2v) is 6.57. The van der Waals surface area contributed by atoms with Crippen molar-refractivity contribution in [2.75, 3.05) is 0 Å². The van der Waals surface area contributed by atoms with Gasteiger partial charge < -0.3 is 4.90 Å². The molecule has 1 fully saturated rings. The zero-order chi connectivity index (χ0) is 19.5. The van der Waals surface area contributed by atoms with E-state index in [-0.39, 0.29) is 12.3 Å². The molecule has 1 aliphatic rings. The van der Waals surface area contributed by atoms with Gasteiger partial charge >= 0.3 is 0 Å². The highest BCUT2D eigenvalue weighted by Gasteiger charge is 2.52. The lowest BCUT2D eigenvalue weighted by atomic mass is 9.88. The van der Waals surface area contributed by atoms with Crippen molar-refractivity contribution in [2.24, 2.45) is 5.92 Å². The summed E-state index contributed by atoms with van der Waals surface area (Å²) in [5.41, 5.74) is 1.69. The fraction of sp³-hybridized carbons (Fsp3) is 0.136. The molecule has 0 radical (unpaired) electrons. The van der Waals surface area contributed by atoms with Crippen LogP contribution in [0.2, 0.25) is 0 Å². The average Bonchev–Trinajstić information content (AvgIpc) is 3.00. The van der Waals surface area contributed by atoms with Crippen molar-refractivity contribution in [1.29, 1.82) is 0 Å². The topological polar surface area (TPSA) is 80.2 Å². The second kappa shape index (κ2) is 7.52. The molecule has 2 unspecified atom stereocenters. The van der Waals surface area contributed by atoms with Crippen molar-refractivity contribution in [2.45, 2.75) is 12.6 Å². The first-order valence-corrected chi connectivity index (χ1v) is 8.90. The first-order chi connectivity index (χ1) is 13.7. The summed E-state index contributed by atoms with van der Waals surface area (Å²) in [7, 11) is 0. The van der Waals surface area contributed by atoms with Crippen LogP contribution in [-0.2, 0) is 16.1 Å². The number of ketones is 2. The SMILES string of the molecule is O=C1C(=O)N(Cc2cccnc2)C(c2ccccn2)C1C(=O)c1ccccc1. The largest absolute Gasteiger partial charge is 0.322 e. The predicted octanol–water partition coefficient (Wildman–Crippen LogP) is 2.63. The third-order valence-corrected chi connectivity index (χ3v) is 4.81. The Bertz CT molecular complexity index is 1010. The van der Waals surface area contributed by atoms with Crippen LogP contribution in [0, 0.1) is 5.92 Å². The maximum absolute atomic E-state index is 13.1. The van der Waals surface area contributed by atoms with Gasteiger partial charge in [-0.05, 0) is 23.8 Å². The number of pyridine rings is 2. The van der Waals surface area contributed by atoms with E-state index in [2.05, 4.69) is 9.97 Å². The van der Waals surface area contributed by atoms with Crippen molar-refractivity contribution in [3.05, 3.63) is 96.1 Å². The number of carbonyl (C=O) groups is 3. The lowest BCUT2D eigenvalue weighted by Gasteiger charge is -2.26. The van der Waals surface area contributed by atoms with Gasteiger partial charge in [0.25, 0.3) is 5.91 Å². The van der Waals surface area contributed by atoms with Gasteiger partial charge in [0.2, 0.25) is 5.78 Å². The molecule has 0 aliphatic carbocycles. The summed E-state index contributed by atoms with van der Waals surface area (Å²) in [6.45, 7) is 0.179. The van der Waals surface area contributed by atoms with Crippen molar-refractivity contribution < 1.29 is 14.4 Å². The summed E-state index contributed by atoms with van der Waals surface area (Å²) < 4.78 is 0. The van der Waals surface area contributed by atoms with Gasteiger partial charge in [-0.25, -0.2) is 0 Å². The maximum Gasteiger partial charge on any atom is 0.291 e. The number of aromatic nitrogens is 2. The smallest absolute Gasteiger partial charge is 0.291 e. The monoisotopic (exact) mass is 371 g/mol. The molecule has 0 spiro atoms. The summed E-state index contributed by atoms with van der Waals surface area (Å²) in [5.74, 6) is -2.87. The molecule has 0 saturated carbocycles. The van der Waals surface area contributed by atoms with Crippen LogP contribution in [0.1, 0.15) is 27.7 Å². The molecule has 6 heteroatoms. The lowest BCUT2D eigenvalue weighted by Crippen LogP contribution is -2.31. The minimum absolute atomic E-state index is 0.179. The molecule has 3 aromatic rings. The number of hydrogen-bond donors (Lipinski definition) is 0. The van der Waals surface area contributed by atoms with Crippen LogP contribution in [0.4, 0.5) is 0 Å². The molecule has 1 saturated heterocycles. The molecule has 0 bridgehead atoms. The second-order valence-electron chi connectivity index (χ2n) is 6.57.